The molecule has 0 saturated carbocycles. The molecular formula is C24H34ClN3O2. The van der Waals surface area contributed by atoms with Gasteiger partial charge in [-0.25, -0.2) is 4.99 Å². The van der Waals surface area contributed by atoms with E-state index in [2.05, 4.69) is 25.8 Å². The zero-order chi connectivity index (χ0) is 22.7. The summed E-state index contributed by atoms with van der Waals surface area (Å²) in [5.74, 6) is 1.82. The summed E-state index contributed by atoms with van der Waals surface area (Å²) in [5.41, 5.74) is 8.89. The Labute approximate surface area is 185 Å². The third-order valence-electron chi connectivity index (χ3n) is 3.98. The lowest BCUT2D eigenvalue weighted by atomic mass is 9.96. The summed E-state index contributed by atoms with van der Waals surface area (Å²) in [6.07, 6.45) is 1.35. The number of halogens is 1. The fourth-order valence-corrected chi connectivity index (χ4v) is 2.85. The fraction of sp³-hybridized carbons (Fsp3) is 0.417. The molecule has 2 N–H and O–H groups in total. The Morgan fingerprint density at radius 3 is 2.43 bits per heavy atom. The quantitative estimate of drug-likeness (QED) is 0.372. The van der Waals surface area contributed by atoms with Crippen molar-refractivity contribution >= 4 is 24.0 Å². The summed E-state index contributed by atoms with van der Waals surface area (Å²) in [7, 11) is 1.58. The Kier molecular flexibility index (Phi) is 11.0. The Morgan fingerprint density at radius 1 is 1.20 bits per heavy atom. The van der Waals surface area contributed by atoms with E-state index in [9.17, 15) is 4.79 Å². The average Bonchev–Trinajstić information content (AvgIpc) is 2.74. The van der Waals surface area contributed by atoms with Crippen LogP contribution in [-0.2, 0) is 4.79 Å². The average molecular weight is 432 g/mol. The number of carbonyl (C=O) groups is 1. The predicted molar refractivity (Wildman–Crippen MR) is 127 cm³/mol. The van der Waals surface area contributed by atoms with Crippen LogP contribution in [0.4, 0.5) is 0 Å². The molecule has 0 saturated heterocycles. The first-order valence-electron chi connectivity index (χ1n) is 10.4. The van der Waals surface area contributed by atoms with Gasteiger partial charge in [-0.2, -0.15) is 0 Å². The van der Waals surface area contributed by atoms with E-state index >= 15 is 0 Å². The van der Waals surface area contributed by atoms with E-state index in [1.165, 1.54) is 4.90 Å². The van der Waals surface area contributed by atoms with Crippen LogP contribution in [0.2, 0.25) is 5.02 Å². The number of carbonyl (C=O) groups excluding carboxylic acids is 1. The van der Waals surface area contributed by atoms with E-state index < -0.39 is 0 Å². The number of hydrogen-bond donors (Lipinski definition) is 1. The van der Waals surface area contributed by atoms with Crippen molar-refractivity contribution in [1.29, 1.82) is 0 Å². The molecule has 6 heteroatoms. The standard InChI is InChI=1S/C18H18ClN3O2.C4H10.C2H6/c1-22(11-23)18(20)21-16-7-8-24-17-6-5-13(10-15(16)17)12-3-2-4-14(19)9-12;1-4(2)3;1-2/h2-6,9-11,16H,7-8H2,1H3,(H2,20,21);4H,1-3H3;1-2H3. The molecule has 0 aliphatic carbocycles. The maximum atomic E-state index is 10.8. The SMILES string of the molecule is CC.CC(C)C.CN(C=O)C(N)=NC1CCOc2ccc(-c3cccc(Cl)c3)cc21. The van der Waals surface area contributed by atoms with Gasteiger partial charge in [0, 0.05) is 24.1 Å². The molecule has 0 bridgehead atoms. The number of hydrogen-bond acceptors (Lipinski definition) is 3. The number of amides is 1. The number of nitrogens with two attached hydrogens (primary N) is 1. The van der Waals surface area contributed by atoms with E-state index in [0.717, 1.165) is 28.4 Å². The summed E-state index contributed by atoms with van der Waals surface area (Å²) in [4.78, 5) is 16.6. The minimum atomic E-state index is -0.143. The molecule has 3 rings (SSSR count). The van der Waals surface area contributed by atoms with Gasteiger partial charge in [-0.05, 0) is 41.3 Å². The van der Waals surface area contributed by atoms with Gasteiger partial charge in [0.05, 0.1) is 12.6 Å². The fourth-order valence-electron chi connectivity index (χ4n) is 2.66. The Hall–Kier alpha value is -2.53. The molecule has 1 amide bonds. The molecule has 30 heavy (non-hydrogen) atoms. The van der Waals surface area contributed by atoms with Crippen LogP contribution >= 0.6 is 11.6 Å². The number of guanidine groups is 1. The molecule has 2 aromatic rings. The zero-order valence-corrected chi connectivity index (χ0v) is 19.6. The highest BCUT2D eigenvalue weighted by Crippen LogP contribution is 2.37. The number of rotatable bonds is 3. The molecule has 0 aromatic heterocycles. The summed E-state index contributed by atoms with van der Waals surface area (Å²) in [6.45, 7) is 11.1. The van der Waals surface area contributed by atoms with E-state index in [0.29, 0.717) is 24.5 Å². The largest absolute Gasteiger partial charge is 0.493 e. The van der Waals surface area contributed by atoms with Gasteiger partial charge < -0.3 is 10.5 Å². The van der Waals surface area contributed by atoms with Gasteiger partial charge in [0.2, 0.25) is 6.41 Å². The zero-order valence-electron chi connectivity index (χ0n) is 18.9. The maximum Gasteiger partial charge on any atom is 0.216 e. The third-order valence-corrected chi connectivity index (χ3v) is 4.22. The molecule has 2 aromatic carbocycles. The highest BCUT2D eigenvalue weighted by atomic mass is 35.5. The van der Waals surface area contributed by atoms with Crippen molar-refractivity contribution in [2.75, 3.05) is 13.7 Å². The molecule has 5 nitrogen and oxygen atoms in total. The molecule has 1 aliphatic rings. The monoisotopic (exact) mass is 431 g/mol. The molecule has 0 radical (unpaired) electrons. The number of benzene rings is 2. The number of aliphatic imine (C=N–C) groups is 1. The van der Waals surface area contributed by atoms with E-state index in [-0.39, 0.29) is 12.0 Å². The number of nitrogens with zero attached hydrogens (tertiary/aromatic N) is 2. The second-order valence-electron chi connectivity index (χ2n) is 7.35. The van der Waals surface area contributed by atoms with E-state index in [1.807, 2.05) is 56.3 Å². The van der Waals surface area contributed by atoms with Crippen LogP contribution in [0.3, 0.4) is 0 Å². The Balaban J connectivity index is 0.000000673. The maximum absolute atomic E-state index is 10.8. The van der Waals surface area contributed by atoms with Gasteiger partial charge in [-0.15, -0.1) is 0 Å². The van der Waals surface area contributed by atoms with Crippen molar-refractivity contribution < 1.29 is 9.53 Å². The Bertz CT molecular complexity index is 834. The van der Waals surface area contributed by atoms with Crippen molar-refractivity contribution in [3.63, 3.8) is 0 Å². The van der Waals surface area contributed by atoms with Crippen LogP contribution in [0.1, 0.15) is 52.6 Å². The van der Waals surface area contributed by atoms with Crippen LogP contribution in [0, 0.1) is 5.92 Å². The van der Waals surface area contributed by atoms with Crippen molar-refractivity contribution in [3.8, 4) is 16.9 Å². The summed E-state index contributed by atoms with van der Waals surface area (Å²) < 4.78 is 5.72. The van der Waals surface area contributed by atoms with Crippen LogP contribution < -0.4 is 10.5 Å². The topological polar surface area (TPSA) is 67.9 Å². The van der Waals surface area contributed by atoms with E-state index in [4.69, 9.17) is 22.1 Å². The van der Waals surface area contributed by atoms with Gasteiger partial charge in [-0.3, -0.25) is 9.69 Å². The summed E-state index contributed by atoms with van der Waals surface area (Å²) in [5, 5.41) is 0.688. The Morgan fingerprint density at radius 2 is 1.83 bits per heavy atom. The molecule has 0 spiro atoms. The summed E-state index contributed by atoms with van der Waals surface area (Å²) >= 11 is 6.08. The van der Waals surface area contributed by atoms with Gasteiger partial charge >= 0.3 is 0 Å². The van der Waals surface area contributed by atoms with E-state index in [1.54, 1.807) is 7.05 Å². The molecule has 0 fully saturated rings. The first kappa shape index (κ1) is 25.5. The van der Waals surface area contributed by atoms with Crippen molar-refractivity contribution in [2.45, 2.75) is 47.1 Å². The van der Waals surface area contributed by atoms with Gasteiger partial charge in [0.25, 0.3) is 0 Å². The van der Waals surface area contributed by atoms with Crippen LogP contribution in [0.5, 0.6) is 5.75 Å². The summed E-state index contributed by atoms with van der Waals surface area (Å²) in [6, 6.07) is 13.5. The minimum Gasteiger partial charge on any atom is -0.493 e. The van der Waals surface area contributed by atoms with Gasteiger partial charge in [0.15, 0.2) is 5.96 Å². The number of fused-ring (bicyclic) bond motifs is 1. The normalized spacial score (nSPS) is 14.9. The second-order valence-corrected chi connectivity index (χ2v) is 7.79. The smallest absolute Gasteiger partial charge is 0.216 e. The van der Waals surface area contributed by atoms with Crippen molar-refractivity contribution in [3.05, 3.63) is 53.1 Å². The van der Waals surface area contributed by atoms with Gasteiger partial charge in [0.1, 0.15) is 5.75 Å². The minimum absolute atomic E-state index is 0.143. The van der Waals surface area contributed by atoms with Crippen LogP contribution in [0.25, 0.3) is 11.1 Å². The molecule has 1 heterocycles. The molecule has 1 unspecified atom stereocenters. The third kappa shape index (κ3) is 7.71. The molecule has 1 atom stereocenters. The van der Waals surface area contributed by atoms with Crippen molar-refractivity contribution in [1.82, 2.24) is 4.90 Å². The van der Waals surface area contributed by atoms with Crippen LogP contribution in [0.15, 0.2) is 47.5 Å². The predicted octanol–water partition coefficient (Wildman–Crippen LogP) is 5.92. The lowest BCUT2D eigenvalue weighted by Gasteiger charge is -2.25. The highest BCUT2D eigenvalue weighted by Gasteiger charge is 2.22. The molecular weight excluding hydrogens is 398 g/mol. The highest BCUT2D eigenvalue weighted by molar-refractivity contribution is 6.30. The lowest BCUT2D eigenvalue weighted by molar-refractivity contribution is -0.114. The first-order chi connectivity index (χ1) is 14.3. The van der Waals surface area contributed by atoms with Gasteiger partial charge in [-0.1, -0.05) is 64.4 Å². The first-order valence-corrected chi connectivity index (χ1v) is 10.7. The lowest BCUT2D eigenvalue weighted by Crippen LogP contribution is -2.33. The van der Waals surface area contributed by atoms with Crippen molar-refractivity contribution in [2.24, 2.45) is 16.6 Å². The number of ether oxygens (including phenoxy) is 1. The van der Waals surface area contributed by atoms with Crippen LogP contribution in [-0.4, -0.2) is 30.9 Å². The second kappa shape index (κ2) is 12.9. The molecule has 164 valence electrons. The molecule has 1 aliphatic heterocycles.